The zero-order valence-corrected chi connectivity index (χ0v) is 24.5. The van der Waals surface area contributed by atoms with Crippen molar-refractivity contribution in [2.75, 3.05) is 24.5 Å². The van der Waals surface area contributed by atoms with Gasteiger partial charge in [-0.3, -0.25) is 9.45 Å². The van der Waals surface area contributed by atoms with Crippen LogP contribution in [0.1, 0.15) is 72.1 Å². The van der Waals surface area contributed by atoms with E-state index in [0.29, 0.717) is 6.54 Å². The number of hydrogen-bond acceptors (Lipinski definition) is 6. The minimum atomic E-state index is -4.36. The Labute approximate surface area is 235 Å². The number of hydrogen-bond donors (Lipinski definition) is 1. The molecular weight excluding hydrogens is 510 g/mol. The quantitative estimate of drug-likeness (QED) is 0.247. The Morgan fingerprint density at radius 2 is 1.44 bits per heavy atom. The number of nitrogens with zero attached hydrogens (tertiary/aromatic N) is 3. The van der Waals surface area contributed by atoms with Gasteiger partial charge in [0.15, 0.2) is 11.5 Å². The van der Waals surface area contributed by atoms with Crippen molar-refractivity contribution in [2.45, 2.75) is 89.6 Å². The smallest absolute Gasteiger partial charge is 0.271 e. The van der Waals surface area contributed by atoms with Crippen molar-refractivity contribution in [3.8, 4) is 11.5 Å². The summed E-state index contributed by atoms with van der Waals surface area (Å²) in [5, 5.41) is -0.956. The Bertz CT molecular complexity index is 1160. The molecule has 39 heavy (non-hydrogen) atoms. The van der Waals surface area contributed by atoms with Gasteiger partial charge in [0, 0.05) is 25.7 Å². The summed E-state index contributed by atoms with van der Waals surface area (Å²) in [6.07, 6.45) is 11.4. The molecule has 214 valence electrons. The van der Waals surface area contributed by atoms with Gasteiger partial charge >= 0.3 is 0 Å². The van der Waals surface area contributed by atoms with Crippen LogP contribution in [-0.4, -0.2) is 59.9 Å². The zero-order chi connectivity index (χ0) is 27.8. The summed E-state index contributed by atoms with van der Waals surface area (Å²) >= 11 is 0. The molecule has 0 fully saturated rings. The summed E-state index contributed by atoms with van der Waals surface area (Å²) in [5.74, 6) is 1.49. The topological polar surface area (TPSA) is 73.3 Å². The molecule has 0 aromatic heterocycles. The van der Waals surface area contributed by atoms with E-state index in [1.165, 1.54) is 0 Å². The van der Waals surface area contributed by atoms with Gasteiger partial charge in [0.2, 0.25) is 0 Å². The van der Waals surface area contributed by atoms with Crippen LogP contribution in [0.3, 0.4) is 0 Å². The van der Waals surface area contributed by atoms with Gasteiger partial charge in [-0.05, 0) is 56.1 Å². The lowest BCUT2D eigenvalue weighted by molar-refractivity contribution is 0.0267. The largest absolute Gasteiger partial charge is 0.453 e. The average Bonchev–Trinajstić information content (AvgIpc) is 2.93. The fourth-order valence-corrected chi connectivity index (χ4v) is 6.84. The van der Waals surface area contributed by atoms with E-state index in [0.717, 1.165) is 80.9 Å². The minimum Gasteiger partial charge on any atom is -0.453 e. The molecule has 4 rings (SSSR count). The highest BCUT2D eigenvalue weighted by atomic mass is 32.2. The van der Waals surface area contributed by atoms with Crippen LogP contribution >= 0.6 is 0 Å². The van der Waals surface area contributed by atoms with Crippen LogP contribution < -0.4 is 9.64 Å². The molecule has 0 amide bonds. The van der Waals surface area contributed by atoms with E-state index in [1.807, 2.05) is 48.5 Å². The molecule has 2 aromatic rings. The molecule has 3 atom stereocenters. The Balaban J connectivity index is 1.69. The monoisotopic (exact) mass is 555 g/mol. The van der Waals surface area contributed by atoms with Gasteiger partial charge < -0.3 is 14.5 Å². The van der Waals surface area contributed by atoms with Crippen molar-refractivity contribution < 1.29 is 17.7 Å². The lowest BCUT2D eigenvalue weighted by Crippen LogP contribution is -2.61. The molecule has 0 radical (unpaired) electrons. The SMILES string of the molecule is CCCCC1C=CN(CCCC)C(C(CCN2c3ccccc3Oc3ccccc32)S(=O)(=O)O)N1CCCC. The maximum Gasteiger partial charge on any atom is 0.271 e. The fourth-order valence-electron chi connectivity index (χ4n) is 5.81. The molecule has 2 heterocycles. The zero-order valence-electron chi connectivity index (χ0n) is 23.7. The number of para-hydroxylation sites is 4. The van der Waals surface area contributed by atoms with E-state index in [9.17, 15) is 13.0 Å². The molecule has 1 N–H and O–H groups in total. The third kappa shape index (κ3) is 6.97. The van der Waals surface area contributed by atoms with Gasteiger partial charge in [-0.15, -0.1) is 0 Å². The third-order valence-corrected chi connectivity index (χ3v) is 9.13. The number of anilines is 2. The summed E-state index contributed by atoms with van der Waals surface area (Å²) in [5.41, 5.74) is 1.81. The second-order valence-electron chi connectivity index (χ2n) is 10.7. The number of benzene rings is 2. The molecule has 0 bridgehead atoms. The molecule has 8 heteroatoms. The molecule has 0 spiro atoms. The molecule has 0 aliphatic carbocycles. The molecule has 2 aliphatic heterocycles. The van der Waals surface area contributed by atoms with Crippen molar-refractivity contribution >= 4 is 21.5 Å². The third-order valence-electron chi connectivity index (χ3n) is 7.88. The van der Waals surface area contributed by atoms with E-state index in [2.05, 4.69) is 47.7 Å². The van der Waals surface area contributed by atoms with Gasteiger partial charge in [-0.2, -0.15) is 8.42 Å². The van der Waals surface area contributed by atoms with Crippen LogP contribution in [0.2, 0.25) is 0 Å². The Hall–Kier alpha value is -2.55. The summed E-state index contributed by atoms with van der Waals surface area (Å²) in [6.45, 7) is 8.50. The summed E-state index contributed by atoms with van der Waals surface area (Å²) in [6, 6.07) is 15.8. The first-order valence-electron chi connectivity index (χ1n) is 14.7. The maximum absolute atomic E-state index is 13.2. The highest BCUT2D eigenvalue weighted by Crippen LogP contribution is 2.46. The maximum atomic E-state index is 13.2. The summed E-state index contributed by atoms with van der Waals surface area (Å²) in [7, 11) is -4.36. The second kappa shape index (κ2) is 13.7. The van der Waals surface area contributed by atoms with Crippen molar-refractivity contribution in [3.05, 3.63) is 60.8 Å². The summed E-state index contributed by atoms with van der Waals surface area (Å²) in [4.78, 5) is 6.65. The number of fused-ring (bicyclic) bond motifs is 2. The molecule has 3 unspecified atom stereocenters. The first kappa shape index (κ1) is 29.4. The normalized spacial score (nSPS) is 19.9. The second-order valence-corrected chi connectivity index (χ2v) is 12.3. The van der Waals surface area contributed by atoms with Gasteiger partial charge in [-0.25, -0.2) is 0 Å². The van der Waals surface area contributed by atoms with Gasteiger partial charge in [0.1, 0.15) is 11.4 Å². The van der Waals surface area contributed by atoms with Crippen molar-refractivity contribution in [2.24, 2.45) is 0 Å². The number of rotatable bonds is 14. The van der Waals surface area contributed by atoms with E-state index in [4.69, 9.17) is 4.74 Å². The molecule has 0 saturated carbocycles. The molecule has 0 saturated heterocycles. The van der Waals surface area contributed by atoms with Crippen molar-refractivity contribution in [3.63, 3.8) is 0 Å². The first-order valence-corrected chi connectivity index (χ1v) is 16.2. The predicted octanol–water partition coefficient (Wildman–Crippen LogP) is 7.19. The van der Waals surface area contributed by atoms with E-state index in [-0.39, 0.29) is 12.5 Å². The van der Waals surface area contributed by atoms with Gasteiger partial charge in [0.05, 0.1) is 11.4 Å². The number of ether oxygens (including phenoxy) is 1. The Morgan fingerprint density at radius 1 is 0.846 bits per heavy atom. The van der Waals surface area contributed by atoms with E-state index >= 15 is 0 Å². The highest BCUT2D eigenvalue weighted by Gasteiger charge is 2.43. The average molecular weight is 556 g/mol. The standard InChI is InChI=1S/C31H45N3O4S/c1-4-7-14-25-19-23-32(21-8-5-2)31(33(25)22-9-6-3)30(39(35,36)37)20-24-34-26-15-10-12-17-28(26)38-29-18-13-11-16-27(29)34/h10-13,15-19,23,25,30-31H,4-9,14,20-22,24H2,1-3H3,(H,35,36,37). The van der Waals surface area contributed by atoms with Gasteiger partial charge in [0.25, 0.3) is 10.1 Å². The predicted molar refractivity (Wildman–Crippen MR) is 159 cm³/mol. The summed E-state index contributed by atoms with van der Waals surface area (Å²) < 4.78 is 43.3. The van der Waals surface area contributed by atoms with Crippen LogP contribution in [0.5, 0.6) is 11.5 Å². The molecule has 2 aliphatic rings. The van der Waals surface area contributed by atoms with E-state index < -0.39 is 21.5 Å². The van der Waals surface area contributed by atoms with Crippen LogP contribution in [0.25, 0.3) is 0 Å². The van der Waals surface area contributed by atoms with Crippen LogP contribution in [0.4, 0.5) is 11.4 Å². The fraction of sp³-hybridized carbons (Fsp3) is 0.548. The van der Waals surface area contributed by atoms with Crippen molar-refractivity contribution in [1.29, 1.82) is 0 Å². The lowest BCUT2D eigenvalue weighted by atomic mass is 10.0. The first-order chi connectivity index (χ1) is 18.9. The van der Waals surface area contributed by atoms with Crippen LogP contribution in [0, 0.1) is 0 Å². The van der Waals surface area contributed by atoms with Crippen LogP contribution in [-0.2, 0) is 10.1 Å². The minimum absolute atomic E-state index is 0.161. The van der Waals surface area contributed by atoms with E-state index in [1.54, 1.807) is 0 Å². The molecular formula is C31H45N3O4S. The van der Waals surface area contributed by atoms with Crippen LogP contribution in [0.15, 0.2) is 60.8 Å². The van der Waals surface area contributed by atoms with Gasteiger partial charge in [-0.1, -0.05) is 76.8 Å². The molecule has 2 aromatic carbocycles. The number of unbranched alkanes of at least 4 members (excludes halogenated alkanes) is 3. The van der Waals surface area contributed by atoms with Crippen molar-refractivity contribution in [1.82, 2.24) is 9.80 Å². The highest BCUT2D eigenvalue weighted by molar-refractivity contribution is 7.86. The Morgan fingerprint density at radius 3 is 2.03 bits per heavy atom. The Kier molecular flexibility index (Phi) is 10.3. The molecule has 7 nitrogen and oxygen atoms in total. The lowest BCUT2D eigenvalue weighted by Gasteiger charge is -2.49.